The summed E-state index contributed by atoms with van der Waals surface area (Å²) < 4.78 is 41.4. The number of alkyl halides is 3. The number of aryl methyl sites for hydroxylation is 1. The zero-order valence-corrected chi connectivity index (χ0v) is 27.4. The van der Waals surface area contributed by atoms with E-state index in [4.69, 9.17) is 0 Å². The van der Waals surface area contributed by atoms with Gasteiger partial charge in [0.05, 0.1) is 22.9 Å². The van der Waals surface area contributed by atoms with Crippen LogP contribution < -0.4 is 10.6 Å². The largest absolute Gasteiger partial charge is 0.416 e. The van der Waals surface area contributed by atoms with Crippen molar-refractivity contribution in [1.29, 1.82) is 0 Å². The highest BCUT2D eigenvalue weighted by Crippen LogP contribution is 2.51. The van der Waals surface area contributed by atoms with Crippen molar-refractivity contribution in [2.24, 2.45) is 0 Å². The third kappa shape index (κ3) is 5.93. The van der Waals surface area contributed by atoms with Crippen molar-refractivity contribution in [2.75, 3.05) is 11.9 Å². The van der Waals surface area contributed by atoms with E-state index in [0.717, 1.165) is 58.3 Å². The molecule has 0 saturated heterocycles. The van der Waals surface area contributed by atoms with Crippen LogP contribution in [0.1, 0.15) is 53.2 Å². The number of likely N-dealkylation sites (N-methyl/N-ethyl adjacent to an activating group) is 1. The molecule has 0 aliphatic heterocycles. The summed E-state index contributed by atoms with van der Waals surface area (Å²) in [7, 11) is 0. The van der Waals surface area contributed by atoms with Crippen molar-refractivity contribution in [3.63, 3.8) is 0 Å². The van der Waals surface area contributed by atoms with Gasteiger partial charge in [0.25, 0.3) is 5.91 Å². The average molecular weight is 673 g/mol. The van der Waals surface area contributed by atoms with Gasteiger partial charge in [0.1, 0.15) is 5.41 Å². The minimum absolute atomic E-state index is 0.0192. The molecule has 2 amide bonds. The number of benzene rings is 5. The molecule has 0 atom stereocenters. The quantitative estimate of drug-likeness (QED) is 0.143. The van der Waals surface area contributed by atoms with Crippen molar-refractivity contribution < 1.29 is 22.8 Å². The Morgan fingerprint density at radius 3 is 2.08 bits per heavy atom. The van der Waals surface area contributed by atoms with E-state index in [0.29, 0.717) is 41.9 Å². The molecule has 6 nitrogen and oxygen atoms in total. The number of rotatable bonds is 10. The number of imidazole rings is 1. The topological polar surface area (TPSA) is 76.0 Å². The number of nitrogens with one attached hydrogen (secondary N) is 2. The lowest BCUT2D eigenvalue weighted by atomic mass is 9.73. The normalized spacial score (nSPS) is 13.1. The zero-order valence-electron chi connectivity index (χ0n) is 27.4. The Morgan fingerprint density at radius 1 is 0.780 bits per heavy atom. The van der Waals surface area contributed by atoms with Gasteiger partial charge in [-0.2, -0.15) is 13.2 Å². The van der Waals surface area contributed by atoms with Crippen LogP contribution in [0, 0.1) is 0 Å². The maximum Gasteiger partial charge on any atom is 0.416 e. The smallest absolute Gasteiger partial charge is 0.355 e. The maximum atomic E-state index is 13.9. The Kier molecular flexibility index (Phi) is 8.74. The molecule has 1 heterocycles. The van der Waals surface area contributed by atoms with Gasteiger partial charge in [-0.25, -0.2) is 4.98 Å². The molecule has 5 aromatic carbocycles. The summed E-state index contributed by atoms with van der Waals surface area (Å²) in [5, 5.41) is 6.07. The summed E-state index contributed by atoms with van der Waals surface area (Å²) in [6.07, 6.45) is -0.415. The van der Waals surface area contributed by atoms with Crippen molar-refractivity contribution in [2.45, 2.75) is 44.3 Å². The number of halogens is 3. The van der Waals surface area contributed by atoms with Gasteiger partial charge in [0, 0.05) is 24.3 Å². The first-order valence-corrected chi connectivity index (χ1v) is 16.7. The number of nitrogens with zero attached hydrogens (tertiary/aromatic N) is 2. The first kappa shape index (κ1) is 32.8. The molecular formula is C41H35F3N4O2. The van der Waals surface area contributed by atoms with Gasteiger partial charge < -0.3 is 15.2 Å². The predicted octanol–water partition coefficient (Wildman–Crippen LogP) is 9.25. The molecule has 9 heteroatoms. The van der Waals surface area contributed by atoms with E-state index >= 15 is 0 Å². The standard InChI is InChI=1S/C41H35F3N4O2/c1-2-45-39(50)40(34-15-7-5-12-31(34)32-13-6-8-16-35(32)40)23-9-10-24-48-26-46-36-22-21-29(25-37(36)48)47-38(49)33-14-4-3-11-30(33)27-17-19-28(20-18-27)41(42,43)44/h3-8,11-22,25-26H,2,9-10,23-24H2,1H3,(H,45,50)(H,47,49). The van der Waals surface area contributed by atoms with Crippen LogP contribution in [0.15, 0.2) is 122 Å². The molecule has 1 aliphatic carbocycles. The highest BCUT2D eigenvalue weighted by atomic mass is 19.4. The van der Waals surface area contributed by atoms with E-state index < -0.39 is 17.2 Å². The second-order valence-electron chi connectivity index (χ2n) is 12.5. The molecule has 1 aliphatic rings. The molecule has 0 radical (unpaired) electrons. The van der Waals surface area contributed by atoms with Gasteiger partial charge >= 0.3 is 6.18 Å². The minimum Gasteiger partial charge on any atom is -0.355 e. The SMILES string of the molecule is CCNC(=O)C1(CCCCn2cnc3ccc(NC(=O)c4ccccc4-c4ccc(C(F)(F)F)cc4)cc32)c2ccccc2-c2ccccc21. The first-order chi connectivity index (χ1) is 24.2. The van der Waals surface area contributed by atoms with Crippen LogP contribution in [0.2, 0.25) is 0 Å². The molecule has 0 unspecified atom stereocenters. The van der Waals surface area contributed by atoms with Gasteiger partial charge in [-0.1, -0.05) is 78.9 Å². The van der Waals surface area contributed by atoms with Gasteiger partial charge in [0.2, 0.25) is 5.91 Å². The highest BCUT2D eigenvalue weighted by molar-refractivity contribution is 6.09. The number of carbonyl (C=O) groups excluding carboxylic acids is 2. The summed E-state index contributed by atoms with van der Waals surface area (Å²) in [6, 6.07) is 33.5. The zero-order chi connectivity index (χ0) is 34.9. The molecule has 1 aromatic heterocycles. The fourth-order valence-electron chi connectivity index (χ4n) is 7.22. The summed E-state index contributed by atoms with van der Waals surface area (Å²) in [6.45, 7) is 3.15. The third-order valence-corrected chi connectivity index (χ3v) is 9.56. The van der Waals surface area contributed by atoms with E-state index in [1.807, 2.05) is 43.3 Å². The van der Waals surface area contributed by atoms with Gasteiger partial charge in [-0.15, -0.1) is 0 Å². The minimum atomic E-state index is -4.44. The lowest BCUT2D eigenvalue weighted by Gasteiger charge is -2.31. The Hall–Kier alpha value is -5.70. The fourth-order valence-corrected chi connectivity index (χ4v) is 7.22. The molecule has 0 saturated carbocycles. The number of anilines is 1. The Labute approximate surface area is 288 Å². The number of amides is 2. The Bertz CT molecular complexity index is 2160. The molecule has 2 N–H and O–H groups in total. The summed E-state index contributed by atoms with van der Waals surface area (Å²) >= 11 is 0. The van der Waals surface area contributed by atoms with E-state index in [1.54, 1.807) is 36.7 Å². The van der Waals surface area contributed by atoms with Gasteiger partial charge in [-0.05, 0) is 96.0 Å². The second-order valence-corrected chi connectivity index (χ2v) is 12.5. The second kappa shape index (κ2) is 13.3. The fraction of sp³-hybridized carbons (Fsp3) is 0.195. The van der Waals surface area contributed by atoms with Gasteiger partial charge in [-0.3, -0.25) is 9.59 Å². The molecule has 252 valence electrons. The third-order valence-electron chi connectivity index (χ3n) is 9.56. The monoisotopic (exact) mass is 672 g/mol. The van der Waals surface area contributed by atoms with E-state index in [1.165, 1.54) is 12.1 Å². The predicted molar refractivity (Wildman–Crippen MR) is 190 cm³/mol. The van der Waals surface area contributed by atoms with Crippen LogP contribution in [0.4, 0.5) is 18.9 Å². The van der Waals surface area contributed by atoms with Gasteiger partial charge in [0.15, 0.2) is 0 Å². The van der Waals surface area contributed by atoms with Crippen molar-refractivity contribution in [3.05, 3.63) is 144 Å². The van der Waals surface area contributed by atoms with Crippen LogP contribution in [0.5, 0.6) is 0 Å². The lowest BCUT2D eigenvalue weighted by molar-refractivity contribution is -0.137. The lowest BCUT2D eigenvalue weighted by Crippen LogP contribution is -2.44. The highest BCUT2D eigenvalue weighted by Gasteiger charge is 2.48. The van der Waals surface area contributed by atoms with Crippen LogP contribution in [-0.4, -0.2) is 27.9 Å². The Balaban J connectivity index is 1.08. The molecule has 0 fully saturated rings. The summed E-state index contributed by atoms with van der Waals surface area (Å²) in [5.74, 6) is -0.357. The van der Waals surface area contributed by atoms with E-state index in [9.17, 15) is 22.8 Å². The molecule has 0 bridgehead atoms. The summed E-state index contributed by atoms with van der Waals surface area (Å²) in [5.41, 5.74) is 6.37. The number of aromatic nitrogens is 2. The molecule has 0 spiro atoms. The number of hydrogen-bond donors (Lipinski definition) is 2. The van der Waals surface area contributed by atoms with Crippen LogP contribution >= 0.6 is 0 Å². The summed E-state index contributed by atoms with van der Waals surface area (Å²) in [4.78, 5) is 31.9. The average Bonchev–Trinajstić information content (AvgIpc) is 3.66. The molecule has 50 heavy (non-hydrogen) atoms. The molecular weight excluding hydrogens is 637 g/mol. The van der Waals surface area contributed by atoms with Crippen molar-refractivity contribution >= 4 is 28.5 Å². The Morgan fingerprint density at radius 2 is 1.42 bits per heavy atom. The molecule has 7 rings (SSSR count). The van der Waals surface area contributed by atoms with Crippen molar-refractivity contribution in [1.82, 2.24) is 14.9 Å². The van der Waals surface area contributed by atoms with Crippen LogP contribution in [0.25, 0.3) is 33.3 Å². The van der Waals surface area contributed by atoms with Crippen LogP contribution in [0.3, 0.4) is 0 Å². The molecule has 6 aromatic rings. The van der Waals surface area contributed by atoms with E-state index in [-0.39, 0.29) is 11.8 Å². The number of carbonyl (C=O) groups is 2. The van der Waals surface area contributed by atoms with Crippen molar-refractivity contribution in [3.8, 4) is 22.3 Å². The maximum absolute atomic E-state index is 13.9. The van der Waals surface area contributed by atoms with E-state index in [2.05, 4.69) is 44.5 Å². The van der Waals surface area contributed by atoms with Crippen LogP contribution in [-0.2, 0) is 22.9 Å². The number of unbranched alkanes of at least 4 members (excludes halogenated alkanes) is 1. The number of fused-ring (bicyclic) bond motifs is 4. The number of hydrogen-bond acceptors (Lipinski definition) is 3. The first-order valence-electron chi connectivity index (χ1n) is 16.7.